The Kier molecular flexibility index (Phi) is 3.28. The molecule has 94 valence electrons. The second kappa shape index (κ2) is 5.40. The zero-order valence-corrected chi connectivity index (χ0v) is 10.5. The maximum absolute atomic E-state index is 4.04. The Bertz CT molecular complexity index is 613. The van der Waals surface area contributed by atoms with E-state index in [9.17, 15) is 0 Å². The Morgan fingerprint density at radius 2 is 1.74 bits per heavy atom. The predicted octanol–water partition coefficient (Wildman–Crippen LogP) is 3.48. The molecule has 0 aliphatic heterocycles. The van der Waals surface area contributed by atoms with Crippen LogP contribution in [0.15, 0.2) is 73.3 Å². The molecule has 0 unspecified atom stereocenters. The van der Waals surface area contributed by atoms with Gasteiger partial charge in [0, 0.05) is 30.3 Å². The second-order valence-electron chi connectivity index (χ2n) is 4.36. The molecule has 0 bridgehead atoms. The van der Waals surface area contributed by atoms with E-state index in [0.717, 1.165) is 17.9 Å². The molecule has 0 radical (unpaired) electrons. The molecule has 0 aliphatic rings. The van der Waals surface area contributed by atoms with Gasteiger partial charge in [0.1, 0.15) is 0 Å². The van der Waals surface area contributed by atoms with Crippen LogP contribution in [-0.4, -0.2) is 9.55 Å². The van der Waals surface area contributed by atoms with Gasteiger partial charge in [-0.3, -0.25) is 0 Å². The Morgan fingerprint density at radius 1 is 0.947 bits per heavy atom. The van der Waals surface area contributed by atoms with Gasteiger partial charge in [-0.2, -0.15) is 0 Å². The van der Waals surface area contributed by atoms with Crippen molar-refractivity contribution < 1.29 is 0 Å². The van der Waals surface area contributed by atoms with Crippen molar-refractivity contribution in [2.45, 2.75) is 6.54 Å². The van der Waals surface area contributed by atoms with E-state index in [1.54, 1.807) is 12.5 Å². The molecule has 0 saturated carbocycles. The molecule has 2 aromatic carbocycles. The molecule has 19 heavy (non-hydrogen) atoms. The highest BCUT2D eigenvalue weighted by atomic mass is 15.0. The predicted molar refractivity (Wildman–Crippen MR) is 77.3 cm³/mol. The molecule has 0 saturated heterocycles. The molecule has 3 heteroatoms. The number of anilines is 1. The minimum absolute atomic E-state index is 0.839. The molecule has 3 rings (SSSR count). The summed E-state index contributed by atoms with van der Waals surface area (Å²) in [5, 5.41) is 3.41. The van der Waals surface area contributed by atoms with Gasteiger partial charge in [-0.15, -0.1) is 0 Å². The van der Waals surface area contributed by atoms with E-state index in [0.29, 0.717) is 0 Å². The number of imidazole rings is 1. The molecule has 0 fully saturated rings. The van der Waals surface area contributed by atoms with Crippen LogP contribution in [0.4, 0.5) is 5.69 Å². The SMILES string of the molecule is c1ccc(CNc2ccc(-n3ccnc3)cc2)cc1. The molecule has 1 N–H and O–H groups in total. The first-order valence-electron chi connectivity index (χ1n) is 6.28. The van der Waals surface area contributed by atoms with Crippen LogP contribution in [0.3, 0.4) is 0 Å². The lowest BCUT2D eigenvalue weighted by molar-refractivity contribution is 1.06. The average Bonchev–Trinajstić information content (AvgIpc) is 3.01. The van der Waals surface area contributed by atoms with Crippen molar-refractivity contribution in [3.63, 3.8) is 0 Å². The highest BCUT2D eigenvalue weighted by Crippen LogP contribution is 2.14. The number of benzene rings is 2. The van der Waals surface area contributed by atoms with Gasteiger partial charge in [-0.25, -0.2) is 4.98 Å². The molecular formula is C16H15N3. The van der Waals surface area contributed by atoms with Crippen LogP contribution < -0.4 is 5.32 Å². The third-order valence-electron chi connectivity index (χ3n) is 3.01. The second-order valence-corrected chi connectivity index (χ2v) is 4.36. The lowest BCUT2D eigenvalue weighted by Crippen LogP contribution is -1.99. The fourth-order valence-electron chi connectivity index (χ4n) is 1.96. The fraction of sp³-hybridized carbons (Fsp3) is 0.0625. The van der Waals surface area contributed by atoms with E-state index in [1.165, 1.54) is 5.56 Å². The first kappa shape index (κ1) is 11.5. The summed E-state index contributed by atoms with van der Waals surface area (Å²) >= 11 is 0. The summed E-state index contributed by atoms with van der Waals surface area (Å²) in [6.07, 6.45) is 5.51. The van der Waals surface area contributed by atoms with Gasteiger partial charge in [0.05, 0.1) is 6.33 Å². The zero-order valence-electron chi connectivity index (χ0n) is 10.5. The maximum atomic E-state index is 4.04. The van der Waals surface area contributed by atoms with E-state index < -0.39 is 0 Å². The molecule has 0 aliphatic carbocycles. The summed E-state index contributed by atoms with van der Waals surface area (Å²) in [6.45, 7) is 0.839. The summed E-state index contributed by atoms with van der Waals surface area (Å²) in [6, 6.07) is 18.7. The van der Waals surface area contributed by atoms with Crippen molar-refractivity contribution in [3.8, 4) is 5.69 Å². The summed E-state index contributed by atoms with van der Waals surface area (Å²) in [4.78, 5) is 4.04. The van der Waals surface area contributed by atoms with Crippen LogP contribution in [0.25, 0.3) is 5.69 Å². The number of hydrogen-bond donors (Lipinski definition) is 1. The summed E-state index contributed by atoms with van der Waals surface area (Å²) in [5.41, 5.74) is 3.51. The Labute approximate surface area is 112 Å². The monoisotopic (exact) mass is 249 g/mol. The first-order chi connectivity index (χ1) is 9.42. The van der Waals surface area contributed by atoms with Crippen LogP contribution in [0.1, 0.15) is 5.56 Å². The van der Waals surface area contributed by atoms with Gasteiger partial charge in [-0.1, -0.05) is 30.3 Å². The smallest absolute Gasteiger partial charge is 0.0991 e. The third kappa shape index (κ3) is 2.83. The van der Waals surface area contributed by atoms with E-state index in [1.807, 2.05) is 16.8 Å². The van der Waals surface area contributed by atoms with Crippen molar-refractivity contribution in [1.82, 2.24) is 9.55 Å². The van der Waals surface area contributed by atoms with E-state index >= 15 is 0 Å². The Morgan fingerprint density at radius 3 is 2.42 bits per heavy atom. The van der Waals surface area contributed by atoms with E-state index in [2.05, 4.69) is 58.8 Å². The van der Waals surface area contributed by atoms with Crippen molar-refractivity contribution in [2.75, 3.05) is 5.32 Å². The van der Waals surface area contributed by atoms with Gasteiger partial charge in [0.2, 0.25) is 0 Å². The van der Waals surface area contributed by atoms with Crippen molar-refractivity contribution in [1.29, 1.82) is 0 Å². The number of rotatable bonds is 4. The van der Waals surface area contributed by atoms with Crippen molar-refractivity contribution >= 4 is 5.69 Å². The summed E-state index contributed by atoms with van der Waals surface area (Å²) in [7, 11) is 0. The van der Waals surface area contributed by atoms with Crippen LogP contribution in [0.2, 0.25) is 0 Å². The Hall–Kier alpha value is -2.55. The van der Waals surface area contributed by atoms with Gasteiger partial charge in [0.25, 0.3) is 0 Å². The number of aromatic nitrogens is 2. The molecule has 0 amide bonds. The zero-order chi connectivity index (χ0) is 12.9. The number of hydrogen-bond acceptors (Lipinski definition) is 2. The summed E-state index contributed by atoms with van der Waals surface area (Å²) < 4.78 is 1.99. The standard InChI is InChI=1S/C16H15N3/c1-2-4-14(5-3-1)12-18-15-6-8-16(9-7-15)19-11-10-17-13-19/h1-11,13,18H,12H2. The molecule has 0 atom stereocenters. The third-order valence-corrected chi connectivity index (χ3v) is 3.01. The molecular weight excluding hydrogens is 234 g/mol. The van der Waals surface area contributed by atoms with Crippen molar-refractivity contribution in [2.24, 2.45) is 0 Å². The fourth-order valence-corrected chi connectivity index (χ4v) is 1.96. The highest BCUT2D eigenvalue weighted by Gasteiger charge is 1.96. The van der Waals surface area contributed by atoms with Crippen molar-refractivity contribution in [3.05, 3.63) is 78.9 Å². The highest BCUT2D eigenvalue weighted by molar-refractivity contribution is 5.49. The quantitative estimate of drug-likeness (QED) is 0.767. The maximum Gasteiger partial charge on any atom is 0.0991 e. The minimum Gasteiger partial charge on any atom is -0.381 e. The van der Waals surface area contributed by atoms with Gasteiger partial charge < -0.3 is 9.88 Å². The molecule has 1 aromatic heterocycles. The van der Waals surface area contributed by atoms with Gasteiger partial charge in [-0.05, 0) is 29.8 Å². The normalized spacial score (nSPS) is 10.3. The average molecular weight is 249 g/mol. The topological polar surface area (TPSA) is 29.9 Å². The van der Waals surface area contributed by atoms with Crippen LogP contribution >= 0.6 is 0 Å². The van der Waals surface area contributed by atoms with Gasteiger partial charge in [0.15, 0.2) is 0 Å². The Balaban J connectivity index is 1.67. The lowest BCUT2D eigenvalue weighted by Gasteiger charge is -2.08. The number of nitrogens with one attached hydrogen (secondary N) is 1. The largest absolute Gasteiger partial charge is 0.381 e. The first-order valence-corrected chi connectivity index (χ1v) is 6.28. The molecule has 1 heterocycles. The van der Waals surface area contributed by atoms with E-state index in [-0.39, 0.29) is 0 Å². The van der Waals surface area contributed by atoms with Crippen LogP contribution in [-0.2, 0) is 6.54 Å². The minimum atomic E-state index is 0.839. The number of nitrogens with zero attached hydrogens (tertiary/aromatic N) is 2. The molecule has 0 spiro atoms. The molecule has 3 aromatic rings. The lowest BCUT2D eigenvalue weighted by atomic mass is 10.2. The molecule has 3 nitrogen and oxygen atoms in total. The summed E-state index contributed by atoms with van der Waals surface area (Å²) in [5.74, 6) is 0. The van der Waals surface area contributed by atoms with Crippen LogP contribution in [0, 0.1) is 0 Å². The van der Waals surface area contributed by atoms with E-state index in [4.69, 9.17) is 0 Å². The van der Waals surface area contributed by atoms with Gasteiger partial charge >= 0.3 is 0 Å². The van der Waals surface area contributed by atoms with Crippen LogP contribution in [0.5, 0.6) is 0 Å².